The van der Waals surface area contributed by atoms with Gasteiger partial charge in [0.25, 0.3) is 0 Å². The largest absolute Gasteiger partial charge is 0.473 e. The van der Waals surface area contributed by atoms with Crippen molar-refractivity contribution >= 4 is 64.3 Å². The molecule has 0 spiro atoms. The molecule has 1 heterocycles. The van der Waals surface area contributed by atoms with Crippen molar-refractivity contribution in [2.75, 3.05) is 5.32 Å². The standard InChI is InChI=1S/C17H13Cl4N3.C2H2O4/c1-24-16(10-5-6-14(20)15(21)7-10)9-23-17(24)22-8-11-12(18)3-2-4-13(11)19;3-1(4)2(5)6/h2-7,9H,8H2,1H3,(H,22,23);(H,3,4)(H,5,6). The predicted octanol–water partition coefficient (Wildman–Crippen LogP) is 5.47. The van der Waals surface area contributed by atoms with E-state index >= 15 is 0 Å². The van der Waals surface area contributed by atoms with Gasteiger partial charge < -0.3 is 20.1 Å². The van der Waals surface area contributed by atoms with Gasteiger partial charge in [-0.3, -0.25) is 0 Å². The van der Waals surface area contributed by atoms with Crippen molar-refractivity contribution in [1.82, 2.24) is 9.55 Å². The molecule has 0 fully saturated rings. The molecule has 3 aromatic rings. The summed E-state index contributed by atoms with van der Waals surface area (Å²) in [6, 6.07) is 10.9. The second kappa shape index (κ2) is 10.5. The van der Waals surface area contributed by atoms with Crippen LogP contribution in [0, 0.1) is 0 Å². The van der Waals surface area contributed by atoms with Gasteiger partial charge in [0.1, 0.15) is 0 Å². The number of anilines is 1. The Labute approximate surface area is 191 Å². The maximum atomic E-state index is 9.10. The first-order valence-corrected chi connectivity index (χ1v) is 9.73. The molecule has 0 atom stereocenters. The zero-order valence-electron chi connectivity index (χ0n) is 15.4. The molecule has 0 aliphatic rings. The van der Waals surface area contributed by atoms with Crippen LogP contribution in [-0.4, -0.2) is 31.7 Å². The van der Waals surface area contributed by atoms with Crippen molar-refractivity contribution in [3.8, 4) is 11.3 Å². The molecule has 0 saturated heterocycles. The molecule has 0 saturated carbocycles. The van der Waals surface area contributed by atoms with Gasteiger partial charge in [-0.25, -0.2) is 14.6 Å². The van der Waals surface area contributed by atoms with E-state index in [1.165, 1.54) is 0 Å². The zero-order valence-corrected chi connectivity index (χ0v) is 18.4. The molecule has 3 N–H and O–H groups in total. The predicted molar refractivity (Wildman–Crippen MR) is 118 cm³/mol. The Morgan fingerprint density at radius 3 is 2.10 bits per heavy atom. The number of hydrogen-bond donors (Lipinski definition) is 3. The normalized spacial score (nSPS) is 10.2. The summed E-state index contributed by atoms with van der Waals surface area (Å²) in [5, 5.41) is 20.3. The molecule has 0 radical (unpaired) electrons. The lowest BCUT2D eigenvalue weighted by Crippen LogP contribution is -2.09. The molecular formula is C19H15Cl4N3O4. The highest BCUT2D eigenvalue weighted by Crippen LogP contribution is 2.30. The Hall–Kier alpha value is -2.45. The van der Waals surface area contributed by atoms with Crippen LogP contribution in [0.15, 0.2) is 42.6 Å². The van der Waals surface area contributed by atoms with Gasteiger partial charge in [-0.05, 0) is 24.3 Å². The van der Waals surface area contributed by atoms with Gasteiger partial charge in [-0.15, -0.1) is 0 Å². The van der Waals surface area contributed by atoms with Crippen molar-refractivity contribution in [2.24, 2.45) is 7.05 Å². The SMILES string of the molecule is Cn1c(-c2ccc(Cl)c(Cl)c2)cnc1NCc1c(Cl)cccc1Cl.O=C(O)C(=O)O. The first-order valence-electron chi connectivity index (χ1n) is 8.22. The molecule has 0 aliphatic carbocycles. The number of halogens is 4. The van der Waals surface area contributed by atoms with Crippen molar-refractivity contribution in [2.45, 2.75) is 6.54 Å². The second-order valence-corrected chi connectivity index (χ2v) is 7.45. The summed E-state index contributed by atoms with van der Waals surface area (Å²) < 4.78 is 1.93. The van der Waals surface area contributed by atoms with Crippen LogP contribution in [0.4, 0.5) is 5.95 Å². The number of aliphatic carboxylic acids is 2. The van der Waals surface area contributed by atoms with Crippen LogP contribution < -0.4 is 5.32 Å². The Balaban J connectivity index is 0.000000469. The number of aromatic nitrogens is 2. The maximum absolute atomic E-state index is 9.10. The summed E-state index contributed by atoms with van der Waals surface area (Å²) >= 11 is 24.4. The zero-order chi connectivity index (χ0) is 22.4. The smallest absolute Gasteiger partial charge is 0.414 e. The van der Waals surface area contributed by atoms with Crippen LogP contribution in [0.5, 0.6) is 0 Å². The van der Waals surface area contributed by atoms with Crippen molar-refractivity contribution in [3.63, 3.8) is 0 Å². The summed E-state index contributed by atoms with van der Waals surface area (Å²) in [5.41, 5.74) is 2.68. The van der Waals surface area contributed by atoms with Gasteiger partial charge in [-0.1, -0.05) is 58.5 Å². The fourth-order valence-corrected chi connectivity index (χ4v) is 3.20. The summed E-state index contributed by atoms with van der Waals surface area (Å²) in [4.78, 5) is 22.6. The highest BCUT2D eigenvalue weighted by Gasteiger charge is 2.11. The van der Waals surface area contributed by atoms with Gasteiger partial charge in [0.05, 0.1) is 21.9 Å². The van der Waals surface area contributed by atoms with Crippen LogP contribution in [0.3, 0.4) is 0 Å². The number of benzene rings is 2. The lowest BCUT2D eigenvalue weighted by Gasteiger charge is -2.11. The van der Waals surface area contributed by atoms with E-state index in [0.717, 1.165) is 16.8 Å². The number of nitrogens with one attached hydrogen (secondary N) is 1. The third-order valence-corrected chi connectivity index (χ3v) is 5.32. The minimum atomic E-state index is -1.82. The Morgan fingerprint density at radius 1 is 0.967 bits per heavy atom. The highest BCUT2D eigenvalue weighted by molar-refractivity contribution is 6.42. The fraction of sp³-hybridized carbons (Fsp3) is 0.105. The third-order valence-electron chi connectivity index (χ3n) is 3.87. The molecule has 2 aromatic carbocycles. The van der Waals surface area contributed by atoms with E-state index < -0.39 is 11.9 Å². The van der Waals surface area contributed by atoms with Gasteiger partial charge >= 0.3 is 11.9 Å². The number of carboxylic acids is 2. The van der Waals surface area contributed by atoms with Crippen LogP contribution in [0.2, 0.25) is 20.1 Å². The minimum absolute atomic E-state index is 0.476. The molecule has 3 rings (SSSR count). The van der Waals surface area contributed by atoms with Gasteiger partial charge in [0.2, 0.25) is 5.95 Å². The van der Waals surface area contributed by atoms with E-state index in [1.807, 2.05) is 41.9 Å². The van der Waals surface area contributed by atoms with E-state index in [0.29, 0.717) is 32.6 Å². The van der Waals surface area contributed by atoms with E-state index in [-0.39, 0.29) is 0 Å². The molecule has 158 valence electrons. The number of nitrogens with zero attached hydrogens (tertiary/aromatic N) is 2. The van der Waals surface area contributed by atoms with Gasteiger partial charge in [-0.2, -0.15) is 0 Å². The number of rotatable bonds is 4. The van der Waals surface area contributed by atoms with Gasteiger partial charge in [0.15, 0.2) is 0 Å². The molecule has 11 heteroatoms. The van der Waals surface area contributed by atoms with Crippen molar-refractivity contribution in [1.29, 1.82) is 0 Å². The molecule has 0 aliphatic heterocycles. The first kappa shape index (κ1) is 23.8. The quantitative estimate of drug-likeness (QED) is 0.419. The average Bonchev–Trinajstić information content (AvgIpc) is 3.04. The number of hydrogen-bond acceptors (Lipinski definition) is 4. The van der Waals surface area contributed by atoms with E-state index in [4.69, 9.17) is 66.2 Å². The second-order valence-electron chi connectivity index (χ2n) is 5.82. The Morgan fingerprint density at radius 2 is 1.57 bits per heavy atom. The Kier molecular flexibility index (Phi) is 8.37. The van der Waals surface area contributed by atoms with Crippen LogP contribution in [0.25, 0.3) is 11.3 Å². The summed E-state index contributed by atoms with van der Waals surface area (Å²) in [5.74, 6) is -2.95. The highest BCUT2D eigenvalue weighted by atomic mass is 35.5. The average molecular weight is 491 g/mol. The number of carbonyl (C=O) groups is 2. The molecule has 0 bridgehead atoms. The third kappa shape index (κ3) is 6.03. The minimum Gasteiger partial charge on any atom is -0.473 e. The van der Waals surface area contributed by atoms with Crippen LogP contribution in [0.1, 0.15) is 5.56 Å². The van der Waals surface area contributed by atoms with E-state index in [9.17, 15) is 0 Å². The summed E-state index contributed by atoms with van der Waals surface area (Å²) in [6.07, 6.45) is 1.77. The lowest BCUT2D eigenvalue weighted by atomic mass is 10.2. The van der Waals surface area contributed by atoms with Crippen molar-refractivity contribution in [3.05, 3.63) is 68.2 Å². The van der Waals surface area contributed by atoms with E-state index in [1.54, 1.807) is 12.3 Å². The lowest BCUT2D eigenvalue weighted by molar-refractivity contribution is -0.159. The van der Waals surface area contributed by atoms with Gasteiger partial charge in [0, 0.05) is 34.8 Å². The molecule has 0 unspecified atom stereocenters. The fourth-order valence-electron chi connectivity index (χ4n) is 2.37. The molecule has 1 aromatic heterocycles. The number of imidazole rings is 1. The number of carboxylic acid groups (broad SMARTS) is 2. The summed E-state index contributed by atoms with van der Waals surface area (Å²) in [6.45, 7) is 0.476. The molecule has 30 heavy (non-hydrogen) atoms. The molecule has 7 nitrogen and oxygen atoms in total. The van der Waals surface area contributed by atoms with Crippen molar-refractivity contribution < 1.29 is 19.8 Å². The Bertz CT molecular complexity index is 1050. The first-order chi connectivity index (χ1) is 14.1. The van der Waals surface area contributed by atoms with Crippen LogP contribution in [-0.2, 0) is 23.2 Å². The van der Waals surface area contributed by atoms with E-state index in [2.05, 4.69) is 10.3 Å². The summed E-state index contributed by atoms with van der Waals surface area (Å²) in [7, 11) is 1.92. The maximum Gasteiger partial charge on any atom is 0.414 e. The van der Waals surface area contributed by atoms with Crippen LogP contribution >= 0.6 is 46.4 Å². The molecular weight excluding hydrogens is 476 g/mol. The molecule has 0 amide bonds. The topological polar surface area (TPSA) is 104 Å². The monoisotopic (exact) mass is 489 g/mol.